The van der Waals surface area contributed by atoms with Crippen molar-refractivity contribution in [3.8, 4) is 11.6 Å². The summed E-state index contributed by atoms with van der Waals surface area (Å²) in [5, 5.41) is 7.73. The van der Waals surface area contributed by atoms with E-state index in [1.54, 1.807) is 18.3 Å². The van der Waals surface area contributed by atoms with Crippen molar-refractivity contribution in [2.75, 3.05) is 6.54 Å². The first-order valence-electron chi connectivity index (χ1n) is 9.79. The summed E-state index contributed by atoms with van der Waals surface area (Å²) in [5.41, 5.74) is 2.20. The summed E-state index contributed by atoms with van der Waals surface area (Å²) in [6.07, 6.45) is 3.90. The van der Waals surface area contributed by atoms with E-state index >= 15 is 0 Å². The number of piperidine rings is 1. The number of ether oxygens (including phenoxy) is 1. The van der Waals surface area contributed by atoms with E-state index in [4.69, 9.17) is 16.3 Å². The topological polar surface area (TPSA) is 46.2 Å². The van der Waals surface area contributed by atoms with E-state index in [9.17, 15) is 4.39 Å². The second-order valence-corrected chi connectivity index (χ2v) is 7.50. The molecule has 1 aliphatic heterocycles. The zero-order valence-electron chi connectivity index (χ0n) is 15.9. The van der Waals surface area contributed by atoms with Gasteiger partial charge in [0.2, 0.25) is 5.88 Å². The van der Waals surface area contributed by atoms with Gasteiger partial charge in [-0.15, -0.1) is 0 Å². The molecule has 2 aromatic carbocycles. The molecule has 1 aliphatic rings. The molecule has 0 spiro atoms. The predicted octanol–water partition coefficient (Wildman–Crippen LogP) is 5.25. The Morgan fingerprint density at radius 1 is 1.10 bits per heavy atom. The fraction of sp³-hybridized carbons (Fsp3) is 0.261. The van der Waals surface area contributed by atoms with E-state index < -0.39 is 0 Å². The Hall–Kier alpha value is -2.47. The third-order valence-electron chi connectivity index (χ3n) is 5.14. The maximum Gasteiger partial charge on any atom is 0.238 e. The molecule has 1 fully saturated rings. The van der Waals surface area contributed by atoms with Crippen LogP contribution in [-0.4, -0.2) is 17.6 Å². The number of nitrogens with zero attached hydrogens (tertiary/aromatic N) is 1. The number of halogens is 2. The molecule has 0 saturated carbocycles. The Balaban J connectivity index is 1.45. The summed E-state index contributed by atoms with van der Waals surface area (Å²) in [4.78, 5) is 4.23. The molecule has 3 aromatic rings. The summed E-state index contributed by atoms with van der Waals surface area (Å²) < 4.78 is 18.8. The van der Waals surface area contributed by atoms with Crippen LogP contribution in [0.2, 0.25) is 5.02 Å². The highest BCUT2D eigenvalue weighted by molar-refractivity contribution is 6.32. The molecule has 4 nitrogen and oxygen atoms in total. The molecule has 2 atom stereocenters. The van der Waals surface area contributed by atoms with Gasteiger partial charge in [-0.25, -0.2) is 9.37 Å². The number of hydrogen-bond acceptors (Lipinski definition) is 4. The van der Waals surface area contributed by atoms with Gasteiger partial charge >= 0.3 is 0 Å². The Bertz CT molecular complexity index is 937. The van der Waals surface area contributed by atoms with E-state index in [1.165, 1.54) is 17.7 Å². The molecule has 6 heteroatoms. The van der Waals surface area contributed by atoms with Crippen LogP contribution in [0.1, 0.15) is 30.0 Å². The normalized spacial score (nSPS) is 19.1. The minimum Gasteiger partial charge on any atom is -0.438 e. The van der Waals surface area contributed by atoms with Crippen LogP contribution in [0.5, 0.6) is 11.6 Å². The number of benzene rings is 2. The highest BCUT2D eigenvalue weighted by Gasteiger charge is 2.25. The third-order valence-corrected chi connectivity index (χ3v) is 5.54. The molecule has 0 radical (unpaired) electrons. The zero-order valence-corrected chi connectivity index (χ0v) is 16.7. The number of hydrogen-bond donors (Lipinski definition) is 2. The van der Waals surface area contributed by atoms with Crippen LogP contribution in [-0.2, 0) is 6.54 Å². The summed E-state index contributed by atoms with van der Waals surface area (Å²) in [6, 6.07) is 18.7. The predicted molar refractivity (Wildman–Crippen MR) is 113 cm³/mol. The standard InChI is InChI=1S/C23H23ClFN3O/c24-21-17(12-14-27-23(21)29-19-10-8-18(25)9-11-19)15-28-20-7-4-13-26-22(20)16-5-2-1-3-6-16/h1-3,5-6,8-12,14,20,22,26,28H,4,7,13,15H2. The Labute approximate surface area is 175 Å². The van der Waals surface area contributed by atoms with E-state index in [2.05, 4.69) is 39.9 Å². The Morgan fingerprint density at radius 3 is 2.69 bits per heavy atom. The number of aromatic nitrogens is 1. The zero-order chi connectivity index (χ0) is 20.1. The van der Waals surface area contributed by atoms with Gasteiger partial charge in [-0.05, 0) is 60.8 Å². The first-order chi connectivity index (χ1) is 14.2. The second-order valence-electron chi connectivity index (χ2n) is 7.12. The Morgan fingerprint density at radius 2 is 1.90 bits per heavy atom. The molecule has 1 saturated heterocycles. The lowest BCUT2D eigenvalue weighted by Gasteiger charge is -2.34. The second kappa shape index (κ2) is 9.35. The minimum absolute atomic E-state index is 0.264. The molecule has 1 aromatic heterocycles. The largest absolute Gasteiger partial charge is 0.438 e. The summed E-state index contributed by atoms with van der Waals surface area (Å²) in [5.74, 6) is 0.494. The van der Waals surface area contributed by atoms with E-state index in [0.29, 0.717) is 29.2 Å². The van der Waals surface area contributed by atoms with Crippen LogP contribution in [0.3, 0.4) is 0 Å². The molecular weight excluding hydrogens is 389 g/mol. The van der Waals surface area contributed by atoms with Crippen LogP contribution < -0.4 is 15.4 Å². The van der Waals surface area contributed by atoms with Gasteiger partial charge in [0.05, 0.1) is 0 Å². The smallest absolute Gasteiger partial charge is 0.238 e. The molecule has 0 amide bonds. The molecule has 2 unspecified atom stereocenters. The van der Waals surface area contributed by atoms with Crippen LogP contribution >= 0.6 is 11.6 Å². The summed E-state index contributed by atoms with van der Waals surface area (Å²) in [7, 11) is 0. The van der Waals surface area contributed by atoms with Gasteiger partial charge in [0.15, 0.2) is 0 Å². The molecule has 0 aliphatic carbocycles. The molecule has 150 valence electrons. The highest BCUT2D eigenvalue weighted by atomic mass is 35.5. The first kappa shape index (κ1) is 19.8. The molecule has 2 heterocycles. The van der Waals surface area contributed by atoms with Crippen molar-refractivity contribution in [1.29, 1.82) is 0 Å². The maximum atomic E-state index is 13.1. The average Bonchev–Trinajstić information content (AvgIpc) is 2.77. The van der Waals surface area contributed by atoms with E-state index in [0.717, 1.165) is 24.9 Å². The van der Waals surface area contributed by atoms with Gasteiger partial charge in [0.25, 0.3) is 0 Å². The lowest BCUT2D eigenvalue weighted by Crippen LogP contribution is -2.45. The Kier molecular flexibility index (Phi) is 6.39. The van der Waals surface area contributed by atoms with E-state index in [1.807, 2.05) is 12.1 Å². The monoisotopic (exact) mass is 411 g/mol. The number of rotatable bonds is 6. The van der Waals surface area contributed by atoms with Gasteiger partial charge in [0, 0.05) is 24.8 Å². The summed E-state index contributed by atoms with van der Waals surface area (Å²) >= 11 is 6.54. The van der Waals surface area contributed by atoms with Gasteiger partial charge in [-0.1, -0.05) is 41.9 Å². The van der Waals surface area contributed by atoms with Crippen molar-refractivity contribution in [1.82, 2.24) is 15.6 Å². The quantitative estimate of drug-likeness (QED) is 0.581. The van der Waals surface area contributed by atoms with Gasteiger partial charge in [0.1, 0.15) is 16.6 Å². The fourth-order valence-electron chi connectivity index (χ4n) is 3.64. The molecular formula is C23H23ClFN3O. The minimum atomic E-state index is -0.316. The van der Waals surface area contributed by atoms with Crippen molar-refractivity contribution in [3.63, 3.8) is 0 Å². The maximum absolute atomic E-state index is 13.1. The molecule has 0 bridgehead atoms. The van der Waals surface area contributed by atoms with Crippen LogP contribution in [0, 0.1) is 5.82 Å². The van der Waals surface area contributed by atoms with Crippen LogP contribution in [0.25, 0.3) is 0 Å². The molecule has 29 heavy (non-hydrogen) atoms. The van der Waals surface area contributed by atoms with Crippen molar-refractivity contribution in [2.24, 2.45) is 0 Å². The van der Waals surface area contributed by atoms with Gasteiger partial charge in [-0.3, -0.25) is 0 Å². The van der Waals surface area contributed by atoms with Crippen molar-refractivity contribution in [3.05, 3.63) is 88.8 Å². The number of pyridine rings is 1. The lowest BCUT2D eigenvalue weighted by atomic mass is 9.92. The van der Waals surface area contributed by atoms with Crippen molar-refractivity contribution < 1.29 is 9.13 Å². The van der Waals surface area contributed by atoms with E-state index in [-0.39, 0.29) is 11.9 Å². The van der Waals surface area contributed by atoms with Crippen molar-refractivity contribution >= 4 is 11.6 Å². The molecule has 2 N–H and O–H groups in total. The number of nitrogens with one attached hydrogen (secondary N) is 2. The van der Waals surface area contributed by atoms with Crippen molar-refractivity contribution in [2.45, 2.75) is 31.5 Å². The first-order valence-corrected chi connectivity index (χ1v) is 10.2. The average molecular weight is 412 g/mol. The summed E-state index contributed by atoms with van der Waals surface area (Å²) in [6.45, 7) is 1.63. The SMILES string of the molecule is Fc1ccc(Oc2nccc(CNC3CCCNC3c3ccccc3)c2Cl)cc1. The van der Waals surface area contributed by atoms with Crippen LogP contribution in [0.15, 0.2) is 66.9 Å². The van der Waals surface area contributed by atoms with Gasteiger partial charge < -0.3 is 15.4 Å². The van der Waals surface area contributed by atoms with Crippen LogP contribution in [0.4, 0.5) is 4.39 Å². The lowest BCUT2D eigenvalue weighted by molar-refractivity contribution is 0.304. The van der Waals surface area contributed by atoms with Gasteiger partial charge in [-0.2, -0.15) is 0 Å². The fourth-order valence-corrected chi connectivity index (χ4v) is 3.86. The molecule has 4 rings (SSSR count). The highest BCUT2D eigenvalue weighted by Crippen LogP contribution is 2.31. The third kappa shape index (κ3) is 4.93.